The molecule has 0 bridgehead atoms. The molecule has 1 atom stereocenters. The van der Waals surface area contributed by atoms with Gasteiger partial charge in [-0.15, -0.1) is 5.10 Å². The van der Waals surface area contributed by atoms with Crippen LogP contribution in [0.3, 0.4) is 0 Å². The minimum atomic E-state index is -0.449. The van der Waals surface area contributed by atoms with E-state index < -0.39 is 6.10 Å². The molecule has 3 rings (SSSR count). The van der Waals surface area contributed by atoms with Gasteiger partial charge in [-0.05, 0) is 61.4 Å². The lowest BCUT2D eigenvalue weighted by Crippen LogP contribution is -2.35. The third-order valence-electron chi connectivity index (χ3n) is 4.57. The molecule has 0 radical (unpaired) electrons. The molecule has 124 valence electrons. The maximum Gasteiger partial charge on any atom is 0.0988 e. The van der Waals surface area contributed by atoms with Crippen LogP contribution in [0.5, 0.6) is 0 Å². The third-order valence-corrected chi connectivity index (χ3v) is 5.29. The molecule has 6 heteroatoms. The average Bonchev–Trinajstić information content (AvgIpc) is 3.04. The Kier molecular flexibility index (Phi) is 5.35. The second-order valence-electron chi connectivity index (χ2n) is 6.55. The van der Waals surface area contributed by atoms with Crippen molar-refractivity contribution in [3.05, 3.63) is 40.7 Å². The van der Waals surface area contributed by atoms with E-state index in [1.807, 2.05) is 18.2 Å². The molecule has 2 aromatic rings. The highest BCUT2D eigenvalue weighted by Crippen LogP contribution is 2.31. The van der Waals surface area contributed by atoms with Gasteiger partial charge in [0.2, 0.25) is 0 Å². The first-order valence-corrected chi connectivity index (χ1v) is 9.05. The molecule has 2 aromatic heterocycles. The highest BCUT2D eigenvalue weighted by Gasteiger charge is 2.27. The molecule has 23 heavy (non-hydrogen) atoms. The SMILES string of the molecule is CC(C)c1nnsc1CN1CCC(C(O)c2ccccn2)CC1. The minimum Gasteiger partial charge on any atom is -0.387 e. The Balaban J connectivity index is 1.55. The number of aliphatic hydroxyl groups excluding tert-OH is 1. The molecular weight excluding hydrogens is 308 g/mol. The van der Waals surface area contributed by atoms with Crippen LogP contribution in [-0.2, 0) is 6.54 Å². The van der Waals surface area contributed by atoms with Crippen molar-refractivity contribution in [2.24, 2.45) is 5.92 Å². The highest BCUT2D eigenvalue weighted by molar-refractivity contribution is 7.05. The first kappa shape index (κ1) is 16.5. The summed E-state index contributed by atoms with van der Waals surface area (Å²) in [5.74, 6) is 0.720. The monoisotopic (exact) mass is 332 g/mol. The van der Waals surface area contributed by atoms with E-state index in [1.54, 1.807) is 6.20 Å². The highest BCUT2D eigenvalue weighted by atomic mass is 32.1. The zero-order valence-electron chi connectivity index (χ0n) is 13.7. The van der Waals surface area contributed by atoms with Crippen LogP contribution in [0.15, 0.2) is 24.4 Å². The van der Waals surface area contributed by atoms with E-state index in [0.29, 0.717) is 11.8 Å². The number of pyridine rings is 1. The van der Waals surface area contributed by atoms with Crippen LogP contribution in [0, 0.1) is 5.92 Å². The van der Waals surface area contributed by atoms with Gasteiger partial charge in [-0.2, -0.15) is 0 Å². The number of rotatable bonds is 5. The zero-order chi connectivity index (χ0) is 16.2. The van der Waals surface area contributed by atoms with Crippen molar-refractivity contribution in [1.29, 1.82) is 0 Å². The fourth-order valence-corrected chi connectivity index (χ4v) is 4.02. The van der Waals surface area contributed by atoms with Gasteiger partial charge in [0.25, 0.3) is 0 Å². The summed E-state index contributed by atoms with van der Waals surface area (Å²) >= 11 is 1.51. The van der Waals surface area contributed by atoms with Crippen LogP contribution >= 0.6 is 11.5 Å². The maximum absolute atomic E-state index is 10.5. The minimum absolute atomic E-state index is 0.297. The summed E-state index contributed by atoms with van der Waals surface area (Å²) in [5, 5.41) is 14.8. The van der Waals surface area contributed by atoms with Crippen LogP contribution in [0.2, 0.25) is 0 Å². The Morgan fingerprint density at radius 2 is 2.09 bits per heavy atom. The number of piperidine rings is 1. The first-order chi connectivity index (χ1) is 11.1. The van der Waals surface area contributed by atoms with Gasteiger partial charge in [-0.3, -0.25) is 9.88 Å². The molecular formula is C17H24N4OS. The lowest BCUT2D eigenvalue weighted by atomic mass is 9.89. The fourth-order valence-electron chi connectivity index (χ4n) is 3.19. The summed E-state index contributed by atoms with van der Waals surface area (Å²) in [7, 11) is 0. The van der Waals surface area contributed by atoms with Crippen LogP contribution in [0.1, 0.15) is 55.0 Å². The first-order valence-electron chi connectivity index (χ1n) is 8.27. The second kappa shape index (κ2) is 7.47. The van der Waals surface area contributed by atoms with Crippen molar-refractivity contribution in [2.45, 2.75) is 45.3 Å². The summed E-state index contributed by atoms with van der Waals surface area (Å²) in [6.45, 7) is 7.26. The van der Waals surface area contributed by atoms with Gasteiger partial charge >= 0.3 is 0 Å². The predicted molar refractivity (Wildman–Crippen MR) is 91.2 cm³/mol. The van der Waals surface area contributed by atoms with E-state index in [0.717, 1.165) is 43.9 Å². The lowest BCUT2D eigenvalue weighted by molar-refractivity contribution is 0.0541. The normalized spacial score (nSPS) is 18.4. The van der Waals surface area contributed by atoms with Crippen molar-refractivity contribution >= 4 is 11.5 Å². The van der Waals surface area contributed by atoms with Gasteiger partial charge in [-0.1, -0.05) is 24.4 Å². The Hall–Kier alpha value is -1.37. The van der Waals surface area contributed by atoms with E-state index in [-0.39, 0.29) is 0 Å². The van der Waals surface area contributed by atoms with Gasteiger partial charge in [0.05, 0.1) is 22.4 Å². The summed E-state index contributed by atoms with van der Waals surface area (Å²) in [4.78, 5) is 8.01. The molecule has 0 spiro atoms. The number of likely N-dealkylation sites (tertiary alicyclic amines) is 1. The molecule has 0 aliphatic carbocycles. The quantitative estimate of drug-likeness (QED) is 0.912. The largest absolute Gasteiger partial charge is 0.387 e. The Morgan fingerprint density at radius 3 is 2.74 bits per heavy atom. The zero-order valence-corrected chi connectivity index (χ0v) is 14.5. The Morgan fingerprint density at radius 1 is 1.30 bits per heavy atom. The molecule has 1 saturated heterocycles. The van der Waals surface area contributed by atoms with Crippen molar-refractivity contribution in [3.63, 3.8) is 0 Å². The molecule has 1 fully saturated rings. The Labute approximate surface area is 141 Å². The number of hydrogen-bond donors (Lipinski definition) is 1. The van der Waals surface area contributed by atoms with Gasteiger partial charge in [0.1, 0.15) is 0 Å². The van der Waals surface area contributed by atoms with Crippen molar-refractivity contribution < 1.29 is 5.11 Å². The molecule has 0 saturated carbocycles. The molecule has 1 unspecified atom stereocenters. The van der Waals surface area contributed by atoms with E-state index in [1.165, 1.54) is 16.4 Å². The van der Waals surface area contributed by atoms with Crippen LogP contribution < -0.4 is 0 Å². The summed E-state index contributed by atoms with van der Waals surface area (Å²) in [6, 6.07) is 5.73. The second-order valence-corrected chi connectivity index (χ2v) is 7.39. The average molecular weight is 332 g/mol. The molecule has 3 heterocycles. The van der Waals surface area contributed by atoms with Gasteiger partial charge in [0.15, 0.2) is 0 Å². The number of aliphatic hydroxyl groups is 1. The number of nitrogens with zero attached hydrogens (tertiary/aromatic N) is 4. The van der Waals surface area contributed by atoms with Crippen LogP contribution in [-0.4, -0.2) is 37.7 Å². The van der Waals surface area contributed by atoms with Crippen molar-refractivity contribution in [3.8, 4) is 0 Å². The molecule has 1 aliphatic heterocycles. The topological polar surface area (TPSA) is 62.1 Å². The summed E-state index contributed by atoms with van der Waals surface area (Å²) in [6.07, 6.45) is 3.30. The molecule has 5 nitrogen and oxygen atoms in total. The standard InChI is InChI=1S/C17H24N4OS/c1-12(2)16-15(23-20-19-16)11-21-9-6-13(7-10-21)17(22)14-5-3-4-8-18-14/h3-5,8,12-13,17,22H,6-7,9-11H2,1-2H3. The van der Waals surface area contributed by atoms with E-state index in [4.69, 9.17) is 0 Å². The van der Waals surface area contributed by atoms with Gasteiger partial charge < -0.3 is 5.11 Å². The van der Waals surface area contributed by atoms with E-state index in [9.17, 15) is 5.11 Å². The molecule has 0 amide bonds. The van der Waals surface area contributed by atoms with Crippen LogP contribution in [0.25, 0.3) is 0 Å². The molecule has 1 N–H and O–H groups in total. The van der Waals surface area contributed by atoms with Crippen LogP contribution in [0.4, 0.5) is 0 Å². The third kappa shape index (κ3) is 3.94. The smallest absolute Gasteiger partial charge is 0.0988 e. The summed E-state index contributed by atoms with van der Waals surface area (Å²) < 4.78 is 4.11. The predicted octanol–water partition coefficient (Wildman–Crippen LogP) is 3.00. The van der Waals surface area contributed by atoms with Gasteiger partial charge in [0, 0.05) is 12.7 Å². The van der Waals surface area contributed by atoms with Crippen molar-refractivity contribution in [2.75, 3.05) is 13.1 Å². The lowest BCUT2D eigenvalue weighted by Gasteiger charge is -2.33. The van der Waals surface area contributed by atoms with E-state index in [2.05, 4.69) is 33.3 Å². The molecule has 1 aliphatic rings. The number of aromatic nitrogens is 3. The summed E-state index contributed by atoms with van der Waals surface area (Å²) in [5.41, 5.74) is 1.92. The Bertz CT molecular complexity index is 608. The van der Waals surface area contributed by atoms with Gasteiger partial charge in [-0.25, -0.2) is 0 Å². The number of hydrogen-bond acceptors (Lipinski definition) is 6. The van der Waals surface area contributed by atoms with Crippen molar-refractivity contribution in [1.82, 2.24) is 19.5 Å². The maximum atomic E-state index is 10.5. The fraction of sp³-hybridized carbons (Fsp3) is 0.588. The van der Waals surface area contributed by atoms with E-state index >= 15 is 0 Å². The molecule has 0 aromatic carbocycles.